The number of ether oxygens (including phenoxy) is 3. The van der Waals surface area contributed by atoms with Crippen LogP contribution >= 0.6 is 0 Å². The van der Waals surface area contributed by atoms with Gasteiger partial charge in [-0.1, -0.05) is 29.3 Å². The summed E-state index contributed by atoms with van der Waals surface area (Å²) >= 11 is 0. The van der Waals surface area contributed by atoms with Crippen LogP contribution in [0.1, 0.15) is 90.4 Å². The van der Waals surface area contributed by atoms with Crippen molar-refractivity contribution in [3.63, 3.8) is 0 Å². The van der Waals surface area contributed by atoms with Crippen LogP contribution in [0.4, 0.5) is 24.5 Å². The Kier molecular flexibility index (Phi) is 17.8. The van der Waals surface area contributed by atoms with Crippen LogP contribution in [0.3, 0.4) is 0 Å². The molecule has 6 aromatic rings. The molecule has 9 rings (SSSR count). The van der Waals surface area contributed by atoms with Gasteiger partial charge in [-0.25, -0.2) is 14.2 Å². The maximum absolute atomic E-state index is 14.5. The zero-order valence-electron chi connectivity index (χ0n) is 43.2. The van der Waals surface area contributed by atoms with Crippen molar-refractivity contribution < 1.29 is 56.1 Å². The van der Waals surface area contributed by atoms with Gasteiger partial charge < -0.3 is 29.7 Å². The predicted octanol–water partition coefficient (Wildman–Crippen LogP) is 4.53. The van der Waals surface area contributed by atoms with Gasteiger partial charge >= 0.3 is 6.18 Å². The van der Waals surface area contributed by atoms with E-state index in [4.69, 9.17) is 14.2 Å². The highest BCUT2D eigenvalue weighted by atomic mass is 19.4. The Morgan fingerprint density at radius 1 is 0.873 bits per heavy atom. The third kappa shape index (κ3) is 13.9. The summed E-state index contributed by atoms with van der Waals surface area (Å²) in [7, 11) is 0. The van der Waals surface area contributed by atoms with Crippen molar-refractivity contribution in [3.8, 4) is 11.8 Å². The van der Waals surface area contributed by atoms with Gasteiger partial charge in [0, 0.05) is 87.0 Å². The van der Waals surface area contributed by atoms with E-state index in [0.717, 1.165) is 22.2 Å². The van der Waals surface area contributed by atoms with E-state index in [1.165, 1.54) is 18.2 Å². The molecule has 0 radical (unpaired) electrons. The van der Waals surface area contributed by atoms with Crippen molar-refractivity contribution in [1.82, 2.24) is 49.6 Å². The zero-order valence-corrected chi connectivity index (χ0v) is 43.2. The molecular formula is C55H57F3N12O9. The fourth-order valence-corrected chi connectivity index (χ4v) is 9.36. The van der Waals surface area contributed by atoms with Gasteiger partial charge in [-0.05, 0) is 91.8 Å². The molecule has 2 fully saturated rings. The molecule has 0 spiro atoms. The number of nitrogens with zero attached hydrogens (tertiary/aromatic N) is 9. The fraction of sp³-hybridized carbons (Fsp3) is 0.382. The lowest BCUT2D eigenvalue weighted by Crippen LogP contribution is -2.54. The van der Waals surface area contributed by atoms with Crippen LogP contribution < -0.4 is 16.0 Å². The maximum atomic E-state index is 14.5. The molecule has 0 saturated carbocycles. The number of carbonyl (C=O) groups is 6. The summed E-state index contributed by atoms with van der Waals surface area (Å²) in [5.74, 6) is 3.20. The molecule has 21 nitrogen and oxygen atoms in total. The quantitative estimate of drug-likeness (QED) is 0.0481. The molecule has 6 heterocycles. The van der Waals surface area contributed by atoms with Gasteiger partial charge in [0.05, 0.1) is 74.8 Å². The van der Waals surface area contributed by atoms with E-state index in [9.17, 15) is 41.9 Å². The Balaban J connectivity index is 0.621. The van der Waals surface area contributed by atoms with Crippen molar-refractivity contribution in [1.29, 1.82) is 0 Å². The number of nitrogens with one attached hydrogen (secondary N) is 3. The first-order valence-corrected chi connectivity index (χ1v) is 25.8. The number of fused-ring (bicyclic) bond motifs is 2. The number of aryl methyl sites for hydroxylation is 2. The number of halogens is 3. The van der Waals surface area contributed by atoms with Gasteiger partial charge in [-0.2, -0.15) is 18.3 Å². The number of hydrogen-bond acceptors (Lipinski definition) is 15. The van der Waals surface area contributed by atoms with E-state index in [-0.39, 0.29) is 59.7 Å². The number of alkyl halides is 3. The minimum Gasteiger partial charge on any atom is -0.382 e. The predicted molar refractivity (Wildman–Crippen MR) is 278 cm³/mol. The highest BCUT2D eigenvalue weighted by Gasteiger charge is 2.45. The van der Waals surface area contributed by atoms with Crippen molar-refractivity contribution in [2.75, 3.05) is 83.0 Å². The number of amides is 6. The SMILES string of the molecule is Cc1ccc(C(=O)Nc2ccc(CN3CCN(C(=O)CCCc4cn(CCOCCOCCOCCNc5cccc6c5C(=O)N(C5CCC(=O)NC5=O)C6=O)nn4)CC3)c(C(F)(F)F)c2)cc1C#Cc1cnc2cccnn12. The van der Waals surface area contributed by atoms with Crippen LogP contribution in [0.2, 0.25) is 0 Å². The molecule has 0 bridgehead atoms. The molecule has 0 aliphatic carbocycles. The van der Waals surface area contributed by atoms with E-state index in [2.05, 4.69) is 48.2 Å². The molecule has 2 saturated heterocycles. The summed E-state index contributed by atoms with van der Waals surface area (Å²) in [6.07, 6.45) is 1.85. The number of piperidine rings is 1. The van der Waals surface area contributed by atoms with Crippen molar-refractivity contribution in [3.05, 3.63) is 136 Å². The summed E-state index contributed by atoms with van der Waals surface area (Å²) in [4.78, 5) is 85.5. The Hall–Kier alpha value is -8.37. The third-order valence-electron chi connectivity index (χ3n) is 13.5. The number of imide groups is 2. The van der Waals surface area contributed by atoms with E-state index < -0.39 is 47.3 Å². The van der Waals surface area contributed by atoms with E-state index in [1.54, 1.807) is 69.0 Å². The number of imidazole rings is 1. The Bertz CT molecular complexity index is 3310. The zero-order chi connectivity index (χ0) is 55.5. The van der Waals surface area contributed by atoms with Crippen LogP contribution in [0.5, 0.6) is 0 Å². The molecule has 1 atom stereocenters. The number of hydrogen-bond donors (Lipinski definition) is 3. The largest absolute Gasteiger partial charge is 0.416 e. The summed E-state index contributed by atoms with van der Waals surface area (Å²) < 4.78 is 63.5. The number of anilines is 2. The van der Waals surface area contributed by atoms with E-state index in [0.29, 0.717) is 114 Å². The van der Waals surface area contributed by atoms with Crippen molar-refractivity contribution in [2.24, 2.45) is 0 Å². The molecule has 6 amide bonds. The number of benzene rings is 3. The normalized spacial score (nSPS) is 15.8. The molecule has 3 aliphatic rings. The van der Waals surface area contributed by atoms with Crippen LogP contribution in [0.25, 0.3) is 5.65 Å². The van der Waals surface area contributed by atoms with E-state index >= 15 is 0 Å². The van der Waals surface area contributed by atoms with Gasteiger partial charge in [0.1, 0.15) is 11.7 Å². The molecule has 3 N–H and O–H groups in total. The lowest BCUT2D eigenvalue weighted by molar-refractivity contribution is -0.139. The van der Waals surface area contributed by atoms with E-state index in [1.807, 2.05) is 18.0 Å². The average molecular weight is 1090 g/mol. The van der Waals surface area contributed by atoms with Gasteiger partial charge in [-0.3, -0.25) is 43.9 Å². The second kappa shape index (κ2) is 25.4. The first-order chi connectivity index (χ1) is 38.2. The van der Waals surface area contributed by atoms with Gasteiger partial charge in [-0.15, -0.1) is 5.10 Å². The monoisotopic (exact) mass is 1090 g/mol. The molecule has 3 aliphatic heterocycles. The molecule has 412 valence electrons. The second-order valence-corrected chi connectivity index (χ2v) is 19.0. The minimum absolute atomic E-state index is 0.00198. The smallest absolute Gasteiger partial charge is 0.382 e. The maximum Gasteiger partial charge on any atom is 0.416 e. The molecule has 3 aromatic carbocycles. The third-order valence-corrected chi connectivity index (χ3v) is 13.5. The average Bonchev–Trinajstić information content (AvgIpc) is 4.37. The lowest BCUT2D eigenvalue weighted by atomic mass is 10.0. The first kappa shape index (κ1) is 55.4. The molecule has 79 heavy (non-hydrogen) atoms. The Labute approximate surface area is 451 Å². The van der Waals surface area contributed by atoms with Crippen LogP contribution in [0, 0.1) is 18.8 Å². The standard InChI is InChI=1S/C55H57F3N12O9/c1-36-10-11-38(31-37(36)13-15-42-33-60-47-8-4-18-61-70(42)47)51(73)62-40-14-12-39(44(32-40)55(56,57)58)34-66-20-22-67(23-21-66)49(72)9-2-5-41-35-68(65-64-41)24-26-78-28-30-79-29-27-77-25-19-59-45-7-3-6-43-50(45)54(76)69(53(43)75)46-16-17-48(71)63-52(46)74/h3-4,6-8,10-12,14,18,31-33,35,46,59H,2,5,9,16-17,19-30,34H2,1H3,(H,62,73)(H,63,71,74). The lowest BCUT2D eigenvalue weighted by Gasteiger charge is -2.35. The Morgan fingerprint density at radius 2 is 1.66 bits per heavy atom. The van der Waals surface area contributed by atoms with Crippen LogP contribution in [0.15, 0.2) is 85.3 Å². The summed E-state index contributed by atoms with van der Waals surface area (Å²) in [5.41, 5.74) is 3.58. The molecule has 24 heteroatoms. The number of carbonyl (C=O) groups excluding carboxylic acids is 6. The highest BCUT2D eigenvalue weighted by molar-refractivity contribution is 6.25. The number of aromatic nitrogens is 6. The van der Waals surface area contributed by atoms with Crippen molar-refractivity contribution in [2.45, 2.75) is 64.3 Å². The highest BCUT2D eigenvalue weighted by Crippen LogP contribution is 2.35. The summed E-state index contributed by atoms with van der Waals surface area (Å²) in [6.45, 7) is 6.25. The fourth-order valence-electron chi connectivity index (χ4n) is 9.36. The number of rotatable bonds is 22. The molecular weight excluding hydrogens is 1030 g/mol. The summed E-state index contributed by atoms with van der Waals surface area (Å²) in [6, 6.07) is 16.1. The Morgan fingerprint density at radius 3 is 2.44 bits per heavy atom. The van der Waals surface area contributed by atoms with Crippen molar-refractivity contribution >= 4 is 52.5 Å². The molecule has 1 unspecified atom stereocenters. The topological polar surface area (TPSA) is 237 Å². The van der Waals surface area contributed by atoms with Gasteiger partial charge in [0.25, 0.3) is 17.7 Å². The first-order valence-electron chi connectivity index (χ1n) is 25.8. The number of piperazine rings is 1. The van der Waals surface area contributed by atoms with Gasteiger partial charge in [0.15, 0.2) is 5.65 Å². The minimum atomic E-state index is -4.68. The second-order valence-electron chi connectivity index (χ2n) is 19.0. The van der Waals surface area contributed by atoms with Crippen LogP contribution in [-0.4, -0.2) is 158 Å². The summed E-state index contributed by atoms with van der Waals surface area (Å²) in [5, 5.41) is 20.6. The molecule has 3 aromatic heterocycles. The van der Waals surface area contributed by atoms with Gasteiger partial charge in [0.2, 0.25) is 17.7 Å². The van der Waals surface area contributed by atoms with Crippen LogP contribution in [-0.2, 0) is 54.3 Å².